The lowest BCUT2D eigenvalue weighted by Gasteiger charge is -2.25. The Morgan fingerprint density at radius 2 is 1.22 bits per heavy atom. The first-order valence-corrected chi connectivity index (χ1v) is 16.3. The highest BCUT2D eigenvalue weighted by atomic mass is 16.4. The lowest BCUT2D eigenvalue weighted by Crippen LogP contribution is -2.57. The molecule has 0 radical (unpaired) electrons. The van der Waals surface area contributed by atoms with Gasteiger partial charge < -0.3 is 54.0 Å². The van der Waals surface area contributed by atoms with E-state index in [0.29, 0.717) is 25.8 Å². The number of nitrogens with zero attached hydrogens (tertiary/aromatic N) is 1. The molecule has 4 aromatic rings. The number of amides is 3. The largest absolute Gasteiger partial charge is 0.480 e. The average Bonchev–Trinajstić information content (AvgIpc) is 3.69. The molecular weight excluding hydrogens is 628 g/mol. The van der Waals surface area contributed by atoms with Gasteiger partial charge in [0.15, 0.2) is 5.96 Å². The highest BCUT2D eigenvalue weighted by molar-refractivity contribution is 5.94. The molecule has 3 amide bonds. The Kier molecular flexibility index (Phi) is 13.1. The topological polar surface area (TPSA) is 273 Å². The van der Waals surface area contributed by atoms with Gasteiger partial charge in [0.05, 0.1) is 6.04 Å². The van der Waals surface area contributed by atoms with Crippen molar-refractivity contribution in [1.82, 2.24) is 25.9 Å². The van der Waals surface area contributed by atoms with Crippen molar-refractivity contribution < 1.29 is 24.3 Å². The Labute approximate surface area is 283 Å². The van der Waals surface area contributed by atoms with E-state index >= 15 is 0 Å². The summed E-state index contributed by atoms with van der Waals surface area (Å²) >= 11 is 0. The van der Waals surface area contributed by atoms with Crippen LogP contribution in [0.4, 0.5) is 0 Å². The van der Waals surface area contributed by atoms with E-state index in [4.69, 9.17) is 22.9 Å². The summed E-state index contributed by atoms with van der Waals surface area (Å²) in [4.78, 5) is 63.1. The molecule has 0 aliphatic rings. The van der Waals surface area contributed by atoms with E-state index in [1.165, 1.54) is 0 Å². The lowest BCUT2D eigenvalue weighted by atomic mass is 10.0. The second kappa shape index (κ2) is 17.7. The van der Waals surface area contributed by atoms with E-state index in [0.717, 1.165) is 32.9 Å². The van der Waals surface area contributed by atoms with E-state index in [9.17, 15) is 24.3 Å². The Bertz CT molecular complexity index is 1760. The molecule has 0 spiro atoms. The Hall–Kier alpha value is -5.41. The molecule has 0 bridgehead atoms. The van der Waals surface area contributed by atoms with E-state index in [-0.39, 0.29) is 38.2 Å². The molecule has 0 saturated heterocycles. The summed E-state index contributed by atoms with van der Waals surface area (Å²) < 4.78 is 0. The van der Waals surface area contributed by atoms with Gasteiger partial charge in [-0.05, 0) is 68.3 Å². The molecule has 0 saturated carbocycles. The number of H-pyrrole nitrogens is 2. The Morgan fingerprint density at radius 1 is 0.714 bits per heavy atom. The Balaban J connectivity index is 1.47. The standard InChI is InChI=1S/C34H46N10O5/c35-14-6-5-12-27(32(47)44-29(33(48)49)17-21-19-41-26-11-4-2-9-23(21)26)43-31(46)28(13-7-15-39-34(37)38)42-30(45)24(36)16-20-18-40-25-10-3-1-8-22(20)25/h1-4,8-11,18-19,24,27-29,40-41H,5-7,12-17,35-36H2,(H,42,45)(H,43,46)(H,44,47)(H,48,49)(H4,37,38,39). The van der Waals surface area contributed by atoms with Crippen LogP contribution in [0.3, 0.4) is 0 Å². The second-order valence-electron chi connectivity index (χ2n) is 12.0. The molecule has 0 aliphatic carbocycles. The molecule has 4 unspecified atom stereocenters. The number of carbonyl (C=O) groups excluding carboxylic acids is 3. The molecule has 14 N–H and O–H groups in total. The first-order valence-electron chi connectivity index (χ1n) is 16.3. The van der Waals surface area contributed by atoms with Crippen molar-refractivity contribution in [3.8, 4) is 0 Å². The van der Waals surface area contributed by atoms with Gasteiger partial charge in [0.1, 0.15) is 18.1 Å². The molecule has 2 heterocycles. The molecule has 2 aromatic carbocycles. The number of aliphatic carboxylic acids is 1. The Morgan fingerprint density at radius 3 is 1.78 bits per heavy atom. The number of carboxylic acid groups (broad SMARTS) is 1. The minimum absolute atomic E-state index is 0.0202. The third kappa shape index (κ3) is 10.3. The maximum Gasteiger partial charge on any atom is 0.326 e. The van der Waals surface area contributed by atoms with E-state index in [1.54, 1.807) is 12.4 Å². The van der Waals surface area contributed by atoms with Crippen molar-refractivity contribution in [2.24, 2.45) is 27.9 Å². The minimum Gasteiger partial charge on any atom is -0.480 e. The number of aromatic amines is 2. The predicted molar refractivity (Wildman–Crippen MR) is 188 cm³/mol. The SMILES string of the molecule is NCCCCC(NC(=O)C(CCCN=C(N)N)NC(=O)C(N)Cc1c[nH]c2ccccc12)C(=O)NC(Cc1c[nH]c2ccccc12)C(=O)O. The van der Waals surface area contributed by atoms with Gasteiger partial charge in [0.2, 0.25) is 17.7 Å². The average molecular weight is 675 g/mol. The van der Waals surface area contributed by atoms with Crippen LogP contribution in [-0.4, -0.2) is 82.0 Å². The van der Waals surface area contributed by atoms with Gasteiger partial charge in [0.25, 0.3) is 0 Å². The fraction of sp³-hybridized carbons (Fsp3) is 0.382. The fourth-order valence-corrected chi connectivity index (χ4v) is 5.71. The minimum atomic E-state index is -1.27. The van der Waals surface area contributed by atoms with Gasteiger partial charge in [0, 0.05) is 47.2 Å². The molecule has 0 fully saturated rings. The quantitative estimate of drug-likeness (QED) is 0.0376. The number of rotatable bonds is 19. The lowest BCUT2D eigenvalue weighted by molar-refractivity contribution is -0.142. The summed E-state index contributed by atoms with van der Waals surface area (Å²) in [5.41, 5.74) is 26.2. The normalized spacial score (nSPS) is 13.7. The van der Waals surface area contributed by atoms with Crippen molar-refractivity contribution in [1.29, 1.82) is 0 Å². The number of hydrogen-bond acceptors (Lipinski definition) is 7. The summed E-state index contributed by atoms with van der Waals surface area (Å²) in [6.45, 7) is 0.580. The summed E-state index contributed by atoms with van der Waals surface area (Å²) in [5, 5.41) is 19.9. The third-order valence-electron chi connectivity index (χ3n) is 8.32. The van der Waals surface area contributed by atoms with Crippen LogP contribution in [0, 0.1) is 0 Å². The van der Waals surface area contributed by atoms with Crippen molar-refractivity contribution in [2.45, 2.75) is 69.1 Å². The van der Waals surface area contributed by atoms with Crippen LogP contribution in [0.25, 0.3) is 21.8 Å². The van der Waals surface area contributed by atoms with Gasteiger partial charge in [-0.2, -0.15) is 0 Å². The number of benzene rings is 2. The van der Waals surface area contributed by atoms with Crippen LogP contribution in [0.1, 0.15) is 43.2 Å². The molecule has 4 rings (SSSR count). The number of para-hydroxylation sites is 2. The molecule has 0 aliphatic heterocycles. The molecule has 4 atom stereocenters. The number of guanidine groups is 1. The van der Waals surface area contributed by atoms with Crippen LogP contribution >= 0.6 is 0 Å². The van der Waals surface area contributed by atoms with Crippen LogP contribution in [0.5, 0.6) is 0 Å². The third-order valence-corrected chi connectivity index (χ3v) is 8.32. The molecule has 49 heavy (non-hydrogen) atoms. The maximum absolute atomic E-state index is 13.7. The van der Waals surface area contributed by atoms with Crippen LogP contribution in [0.15, 0.2) is 65.9 Å². The molecular formula is C34H46N10O5. The van der Waals surface area contributed by atoms with Crippen molar-refractivity contribution in [3.05, 3.63) is 72.1 Å². The van der Waals surface area contributed by atoms with E-state index < -0.39 is 47.9 Å². The van der Waals surface area contributed by atoms with Crippen molar-refractivity contribution >= 4 is 51.5 Å². The summed E-state index contributed by atoms with van der Waals surface area (Å²) in [6.07, 6.45) is 5.50. The van der Waals surface area contributed by atoms with Crippen LogP contribution in [-0.2, 0) is 32.0 Å². The monoisotopic (exact) mass is 674 g/mol. The summed E-state index contributed by atoms with van der Waals surface area (Å²) in [5.74, 6) is -3.18. The number of carboxylic acids is 1. The first kappa shape index (κ1) is 36.4. The van der Waals surface area contributed by atoms with Crippen molar-refractivity contribution in [3.63, 3.8) is 0 Å². The van der Waals surface area contributed by atoms with E-state index in [1.807, 2.05) is 48.5 Å². The maximum atomic E-state index is 13.7. The highest BCUT2D eigenvalue weighted by Crippen LogP contribution is 2.20. The van der Waals surface area contributed by atoms with Gasteiger partial charge in [-0.25, -0.2) is 4.79 Å². The van der Waals surface area contributed by atoms with Gasteiger partial charge in [-0.15, -0.1) is 0 Å². The summed E-state index contributed by atoms with van der Waals surface area (Å²) in [7, 11) is 0. The van der Waals surface area contributed by atoms with Gasteiger partial charge >= 0.3 is 5.97 Å². The smallest absolute Gasteiger partial charge is 0.326 e. The number of nitrogens with one attached hydrogen (secondary N) is 5. The predicted octanol–water partition coefficient (Wildman–Crippen LogP) is 0.483. The van der Waals surface area contributed by atoms with Crippen LogP contribution in [0.2, 0.25) is 0 Å². The number of hydrogen-bond donors (Lipinski definition) is 10. The number of nitrogens with two attached hydrogens (primary N) is 4. The number of aromatic nitrogens is 2. The first-order chi connectivity index (χ1) is 23.6. The van der Waals surface area contributed by atoms with Gasteiger partial charge in [-0.3, -0.25) is 19.4 Å². The van der Waals surface area contributed by atoms with E-state index in [2.05, 4.69) is 30.9 Å². The molecule has 2 aromatic heterocycles. The number of fused-ring (bicyclic) bond motifs is 2. The zero-order valence-corrected chi connectivity index (χ0v) is 27.3. The molecule has 262 valence electrons. The second-order valence-corrected chi connectivity index (χ2v) is 12.0. The molecule has 15 heteroatoms. The zero-order valence-electron chi connectivity index (χ0n) is 27.3. The van der Waals surface area contributed by atoms with Gasteiger partial charge in [-0.1, -0.05) is 36.4 Å². The molecule has 15 nitrogen and oxygen atoms in total. The zero-order chi connectivity index (χ0) is 35.3. The van der Waals surface area contributed by atoms with Crippen LogP contribution < -0.4 is 38.9 Å². The number of unbranched alkanes of at least 4 members (excludes halogenated alkanes) is 1. The highest BCUT2D eigenvalue weighted by Gasteiger charge is 2.30. The van der Waals surface area contributed by atoms with Crippen molar-refractivity contribution in [2.75, 3.05) is 13.1 Å². The number of aliphatic imine (C=N–C) groups is 1. The number of carbonyl (C=O) groups is 4. The fourth-order valence-electron chi connectivity index (χ4n) is 5.71. The summed E-state index contributed by atoms with van der Waals surface area (Å²) in [6, 6.07) is 10.7.